The van der Waals surface area contributed by atoms with E-state index >= 15 is 0 Å². The molecule has 3 N–H and O–H groups in total. The van der Waals surface area contributed by atoms with Gasteiger partial charge in [0.25, 0.3) is 5.91 Å². The summed E-state index contributed by atoms with van der Waals surface area (Å²) in [5.41, 5.74) is 0.784. The zero-order chi connectivity index (χ0) is 37.7. The highest BCUT2D eigenvalue weighted by molar-refractivity contribution is 6.33. The van der Waals surface area contributed by atoms with E-state index in [1.807, 2.05) is 4.90 Å². The fourth-order valence-electron chi connectivity index (χ4n) is 5.54. The van der Waals surface area contributed by atoms with Crippen molar-refractivity contribution in [3.63, 3.8) is 0 Å². The third-order valence-electron chi connectivity index (χ3n) is 8.72. The lowest BCUT2D eigenvalue weighted by Crippen LogP contribution is -2.47. The van der Waals surface area contributed by atoms with Gasteiger partial charge in [-0.2, -0.15) is 4.39 Å². The summed E-state index contributed by atoms with van der Waals surface area (Å²) in [4.78, 5) is 53.9. The summed E-state index contributed by atoms with van der Waals surface area (Å²) in [6.45, 7) is 10.2. The SMILES string of the molecule is CCC1NC(=O)N[C@@H]1CC.CCCCC(=O)N1CCN(C)CC1.COc1ccc(-c2cnc(C(=O)Nc3ccc(C=O)c(Cl)c3)n2C)c(F)c1F. The first-order valence-corrected chi connectivity index (χ1v) is 17.4. The Morgan fingerprint density at radius 2 is 1.67 bits per heavy atom. The highest BCUT2D eigenvalue weighted by Crippen LogP contribution is 2.30. The van der Waals surface area contributed by atoms with Gasteiger partial charge in [-0.3, -0.25) is 14.4 Å². The number of nitrogens with zero attached hydrogens (tertiary/aromatic N) is 4. The first kappa shape index (κ1) is 40.9. The van der Waals surface area contributed by atoms with Crippen molar-refractivity contribution in [3.05, 3.63) is 64.6 Å². The van der Waals surface area contributed by atoms with Crippen molar-refractivity contribution in [3.8, 4) is 17.0 Å². The number of urea groups is 1. The molecule has 3 heterocycles. The molecule has 2 aliphatic heterocycles. The standard InChI is InChI=1S/C19H14ClF2N3O3.C10H20N2O.C7H14N2O/c1-25-14(12-5-6-15(28-2)17(22)16(12)21)8-23-18(25)19(27)24-11-4-3-10(9-26)13(20)7-11;1-3-4-5-10(13)12-8-6-11(2)7-9-12;1-3-5-6(4-2)9-7(10)8-5/h3-9H,1-2H3,(H,24,27);3-9H2,1-2H3;5-6H,3-4H2,1-2H3,(H2,8,9,10)/t;;5-,6?/m..1/s1. The van der Waals surface area contributed by atoms with E-state index in [9.17, 15) is 28.0 Å². The van der Waals surface area contributed by atoms with E-state index in [4.69, 9.17) is 16.3 Å². The molecule has 0 radical (unpaired) electrons. The average Bonchev–Trinajstić information content (AvgIpc) is 3.70. The lowest BCUT2D eigenvalue weighted by atomic mass is 10.1. The molecule has 1 unspecified atom stereocenters. The van der Waals surface area contributed by atoms with Crippen LogP contribution in [0.2, 0.25) is 5.02 Å². The van der Waals surface area contributed by atoms with E-state index in [1.54, 1.807) is 0 Å². The molecule has 5 rings (SSSR count). The topological polar surface area (TPSA) is 138 Å². The van der Waals surface area contributed by atoms with Gasteiger partial charge in [0.1, 0.15) is 0 Å². The Morgan fingerprint density at radius 3 is 2.22 bits per heavy atom. The largest absolute Gasteiger partial charge is 0.494 e. The molecule has 0 spiro atoms. The summed E-state index contributed by atoms with van der Waals surface area (Å²) >= 11 is 5.94. The van der Waals surface area contributed by atoms with Crippen LogP contribution in [0.15, 0.2) is 36.5 Å². The van der Waals surface area contributed by atoms with Gasteiger partial charge in [0, 0.05) is 56.5 Å². The lowest BCUT2D eigenvalue weighted by Gasteiger charge is -2.32. The van der Waals surface area contributed by atoms with Gasteiger partial charge in [0.2, 0.25) is 11.7 Å². The number of unbranched alkanes of at least 4 members (excludes halogenated alkanes) is 1. The van der Waals surface area contributed by atoms with E-state index in [2.05, 4.69) is 53.7 Å². The van der Waals surface area contributed by atoms with Crippen LogP contribution >= 0.6 is 11.6 Å². The van der Waals surface area contributed by atoms with Gasteiger partial charge in [-0.25, -0.2) is 14.2 Å². The quantitative estimate of drug-likeness (QED) is 0.221. The van der Waals surface area contributed by atoms with Gasteiger partial charge >= 0.3 is 6.03 Å². The summed E-state index contributed by atoms with van der Waals surface area (Å²) in [5, 5.41) is 8.48. The number of carbonyl (C=O) groups excluding carboxylic acids is 4. The average molecular weight is 732 g/mol. The molecule has 0 aliphatic carbocycles. The Hall–Kier alpha value is -4.56. The van der Waals surface area contributed by atoms with Gasteiger partial charge in [-0.05, 0) is 56.6 Å². The molecular formula is C36H48ClF2N7O5. The summed E-state index contributed by atoms with van der Waals surface area (Å²) in [5.74, 6) is -2.73. The lowest BCUT2D eigenvalue weighted by molar-refractivity contribution is -0.132. The third-order valence-corrected chi connectivity index (χ3v) is 9.05. The minimum Gasteiger partial charge on any atom is -0.494 e. The first-order chi connectivity index (χ1) is 24.4. The van der Waals surface area contributed by atoms with Crippen LogP contribution in [0.1, 0.15) is 73.9 Å². The summed E-state index contributed by atoms with van der Waals surface area (Å²) < 4.78 is 34.4. The Morgan fingerprint density at radius 1 is 1.02 bits per heavy atom. The molecule has 2 saturated heterocycles. The zero-order valence-corrected chi connectivity index (χ0v) is 30.8. The molecule has 51 heavy (non-hydrogen) atoms. The second-order valence-electron chi connectivity index (χ2n) is 12.2. The maximum Gasteiger partial charge on any atom is 0.315 e. The Kier molecular flexibility index (Phi) is 15.8. The van der Waals surface area contributed by atoms with Crippen LogP contribution in [0.5, 0.6) is 5.75 Å². The number of anilines is 1. The second-order valence-corrected chi connectivity index (χ2v) is 12.6. The number of amides is 4. The van der Waals surface area contributed by atoms with Crippen LogP contribution in [-0.2, 0) is 11.8 Å². The van der Waals surface area contributed by atoms with Crippen molar-refractivity contribution in [2.45, 2.75) is 65.0 Å². The Bertz CT molecular complexity index is 1650. The van der Waals surface area contributed by atoms with Crippen molar-refractivity contribution >= 4 is 41.4 Å². The minimum atomic E-state index is -1.13. The van der Waals surface area contributed by atoms with Crippen LogP contribution < -0.4 is 20.7 Å². The molecule has 4 amide bonds. The molecule has 2 aromatic carbocycles. The number of benzene rings is 2. The molecule has 2 atom stereocenters. The number of aromatic nitrogens is 2. The van der Waals surface area contributed by atoms with Crippen molar-refractivity contribution < 1.29 is 32.7 Å². The van der Waals surface area contributed by atoms with Gasteiger partial charge in [0.15, 0.2) is 23.7 Å². The van der Waals surface area contributed by atoms with Crippen molar-refractivity contribution in [2.24, 2.45) is 7.05 Å². The predicted octanol–water partition coefficient (Wildman–Crippen LogP) is 5.90. The number of hydrogen-bond donors (Lipinski definition) is 3. The van der Waals surface area contributed by atoms with E-state index < -0.39 is 17.5 Å². The number of halogens is 3. The van der Waals surface area contributed by atoms with Crippen LogP contribution in [0, 0.1) is 11.6 Å². The van der Waals surface area contributed by atoms with E-state index in [0.29, 0.717) is 30.0 Å². The zero-order valence-electron chi connectivity index (χ0n) is 30.0. The normalized spacial score (nSPS) is 16.9. The van der Waals surface area contributed by atoms with Crippen LogP contribution in [-0.4, -0.2) is 95.9 Å². The summed E-state index contributed by atoms with van der Waals surface area (Å²) in [7, 11) is 4.84. The first-order valence-electron chi connectivity index (χ1n) is 17.0. The molecule has 2 fully saturated rings. The predicted molar refractivity (Wildman–Crippen MR) is 193 cm³/mol. The Labute approximate surface area is 302 Å². The minimum absolute atomic E-state index is 0.0151. The molecule has 2 aliphatic rings. The number of hydrogen-bond acceptors (Lipinski definition) is 7. The number of imidazole rings is 1. The molecular weight excluding hydrogens is 684 g/mol. The van der Waals surface area contributed by atoms with Crippen LogP contribution in [0.3, 0.4) is 0 Å². The highest BCUT2D eigenvalue weighted by Gasteiger charge is 2.28. The monoisotopic (exact) mass is 731 g/mol. The molecule has 15 heteroatoms. The molecule has 12 nitrogen and oxygen atoms in total. The van der Waals surface area contributed by atoms with Crippen LogP contribution in [0.25, 0.3) is 11.3 Å². The number of methoxy groups -OCH3 is 1. The van der Waals surface area contributed by atoms with Crippen LogP contribution in [0.4, 0.5) is 19.3 Å². The third kappa shape index (κ3) is 11.0. The molecule has 0 bridgehead atoms. The summed E-state index contributed by atoms with van der Waals surface area (Å²) in [6.07, 6.45) is 6.77. The molecule has 0 saturated carbocycles. The fraction of sp³-hybridized carbons (Fsp3) is 0.472. The summed E-state index contributed by atoms with van der Waals surface area (Å²) in [6, 6.07) is 7.70. The smallest absolute Gasteiger partial charge is 0.315 e. The maximum atomic E-state index is 14.3. The van der Waals surface area contributed by atoms with Crippen molar-refractivity contribution in [2.75, 3.05) is 45.7 Å². The van der Waals surface area contributed by atoms with Gasteiger partial charge in [-0.15, -0.1) is 0 Å². The number of likely N-dealkylation sites (N-methyl/N-ethyl adjacent to an activating group) is 1. The number of carbonyl (C=O) groups is 4. The number of piperazine rings is 1. The maximum absolute atomic E-state index is 14.3. The Balaban J connectivity index is 0.000000250. The van der Waals surface area contributed by atoms with Crippen molar-refractivity contribution in [1.82, 2.24) is 30.0 Å². The highest BCUT2D eigenvalue weighted by atomic mass is 35.5. The number of rotatable bonds is 10. The number of ether oxygens (including phenoxy) is 1. The number of nitrogens with one attached hydrogen (secondary N) is 3. The van der Waals surface area contributed by atoms with Gasteiger partial charge in [0.05, 0.1) is 36.1 Å². The number of aldehydes is 1. The van der Waals surface area contributed by atoms with E-state index in [1.165, 1.54) is 55.3 Å². The fourth-order valence-corrected chi connectivity index (χ4v) is 5.77. The molecule has 3 aromatic rings. The van der Waals surface area contributed by atoms with E-state index in [-0.39, 0.29) is 39.4 Å². The second kappa shape index (κ2) is 19.7. The van der Waals surface area contributed by atoms with Gasteiger partial charge in [-0.1, -0.05) is 38.8 Å². The van der Waals surface area contributed by atoms with E-state index in [0.717, 1.165) is 58.3 Å². The van der Waals surface area contributed by atoms with Crippen molar-refractivity contribution in [1.29, 1.82) is 0 Å². The van der Waals surface area contributed by atoms with Gasteiger partial charge < -0.3 is 35.1 Å². The molecule has 278 valence electrons. The molecule has 1 aromatic heterocycles.